The molecule has 5 fully saturated rings. The van der Waals surface area contributed by atoms with E-state index in [1.165, 1.54) is 11.0 Å². The van der Waals surface area contributed by atoms with Gasteiger partial charge in [-0.25, -0.2) is 9.59 Å². The van der Waals surface area contributed by atoms with Crippen molar-refractivity contribution in [3.8, 4) is 0 Å². The maximum Gasteiger partial charge on any atom is 0.407 e. The molecule has 1 aliphatic heterocycles. The van der Waals surface area contributed by atoms with Crippen LogP contribution in [0.4, 0.5) is 4.79 Å². The van der Waals surface area contributed by atoms with Gasteiger partial charge in [-0.2, -0.15) is 0 Å². The highest BCUT2D eigenvalue weighted by molar-refractivity contribution is 5.66. The summed E-state index contributed by atoms with van der Waals surface area (Å²) in [6.07, 6.45) is 7.02. The molecule has 1 amide bonds. The molecule has 8 nitrogen and oxygen atoms in total. The summed E-state index contributed by atoms with van der Waals surface area (Å²) in [6.45, 7) is 4.74. The molecular formula is C29H41NO7. The molecule has 0 bridgehead atoms. The molecule has 5 aliphatic rings. The van der Waals surface area contributed by atoms with E-state index in [9.17, 15) is 30.0 Å². The summed E-state index contributed by atoms with van der Waals surface area (Å²) >= 11 is 0. The molecule has 1 saturated heterocycles. The summed E-state index contributed by atoms with van der Waals surface area (Å²) in [5.74, 6) is 0.324. The van der Waals surface area contributed by atoms with E-state index >= 15 is 0 Å². The topological polar surface area (TPSA) is 131 Å². The minimum Gasteiger partial charge on any atom is -0.465 e. The molecular weight excluding hydrogens is 474 g/mol. The number of rotatable bonds is 2. The first kappa shape index (κ1) is 25.4. The van der Waals surface area contributed by atoms with Gasteiger partial charge in [0, 0.05) is 18.0 Å². The lowest BCUT2D eigenvalue weighted by Crippen LogP contribution is -2.67. The van der Waals surface area contributed by atoms with Crippen LogP contribution in [0.2, 0.25) is 0 Å². The summed E-state index contributed by atoms with van der Waals surface area (Å²) in [4.78, 5) is 24.8. The molecule has 4 aliphatic carbocycles. The van der Waals surface area contributed by atoms with E-state index in [-0.39, 0.29) is 40.1 Å². The minimum atomic E-state index is -0.993. The lowest BCUT2D eigenvalue weighted by molar-refractivity contribution is -0.252. The van der Waals surface area contributed by atoms with Crippen molar-refractivity contribution in [2.75, 3.05) is 6.54 Å². The Balaban J connectivity index is 1.27. The monoisotopic (exact) mass is 515 g/mol. The van der Waals surface area contributed by atoms with Crippen LogP contribution in [0.1, 0.15) is 89.5 Å². The highest BCUT2D eigenvalue weighted by atomic mass is 16.4. The quantitative estimate of drug-likeness (QED) is 0.472. The number of nitrogens with zero attached hydrogens (tertiary/aromatic N) is 1. The van der Waals surface area contributed by atoms with Gasteiger partial charge in [0.15, 0.2) is 0 Å². The molecule has 4 N–H and O–H groups in total. The van der Waals surface area contributed by atoms with Gasteiger partial charge in [-0.15, -0.1) is 0 Å². The van der Waals surface area contributed by atoms with Crippen LogP contribution in [0, 0.1) is 28.6 Å². The molecule has 0 spiro atoms. The Morgan fingerprint density at radius 2 is 1.70 bits per heavy atom. The number of hydrogen-bond acceptors (Lipinski definition) is 6. The van der Waals surface area contributed by atoms with Gasteiger partial charge < -0.3 is 29.7 Å². The number of fused-ring (bicyclic) bond motifs is 5. The van der Waals surface area contributed by atoms with E-state index in [4.69, 9.17) is 4.42 Å². The Morgan fingerprint density at radius 3 is 2.41 bits per heavy atom. The summed E-state index contributed by atoms with van der Waals surface area (Å²) in [6, 6.07) is 2.86. The second-order valence-corrected chi connectivity index (χ2v) is 13.4. The zero-order chi connectivity index (χ0) is 26.4. The molecule has 0 radical (unpaired) electrons. The van der Waals surface area contributed by atoms with Crippen LogP contribution in [0.15, 0.2) is 27.6 Å². The third kappa shape index (κ3) is 3.37. The Labute approximate surface area is 217 Å². The second kappa shape index (κ2) is 8.30. The number of amides is 1. The highest BCUT2D eigenvalue weighted by Gasteiger charge is 2.70. The summed E-state index contributed by atoms with van der Waals surface area (Å²) in [5.41, 5.74) is -1.86. The van der Waals surface area contributed by atoms with Crippen molar-refractivity contribution in [3.05, 3.63) is 34.4 Å². The van der Waals surface area contributed by atoms with Gasteiger partial charge in [0.25, 0.3) is 0 Å². The number of carbonyl (C=O) groups is 1. The normalized spacial score (nSPS) is 49.3. The fourth-order valence-corrected chi connectivity index (χ4v) is 10.2. The lowest BCUT2D eigenvalue weighted by atomic mass is 9.41. The number of aliphatic hydroxyl groups is 3. The molecule has 6 rings (SSSR count). The molecule has 1 aromatic rings. The van der Waals surface area contributed by atoms with Crippen molar-refractivity contribution in [1.82, 2.24) is 4.90 Å². The smallest absolute Gasteiger partial charge is 0.407 e. The van der Waals surface area contributed by atoms with Gasteiger partial charge in [-0.3, -0.25) is 0 Å². The standard InChI is InChI=1S/C29H41NO7/c1-26-10-5-17(24-22(31)9-14-30(24)25(33)34)15-28(26,35)12-7-21-20(26)6-11-27(2)19(8-13-29(21,27)36)18-3-4-23(32)37-16-18/h3-4,16-17,19-22,24,31,35-36H,5-15H2,1-2H3,(H,33,34)/t17-,19+,20-,21+,22?,24?,26+,27+,28-,29-/m0/s1. The maximum absolute atomic E-state index is 12.4. The fourth-order valence-electron chi connectivity index (χ4n) is 10.2. The molecule has 8 heteroatoms. The largest absolute Gasteiger partial charge is 0.465 e. The number of likely N-dealkylation sites (tertiary alicyclic amines) is 1. The fraction of sp³-hybridized carbons (Fsp3) is 0.793. The van der Waals surface area contributed by atoms with Crippen molar-refractivity contribution in [3.63, 3.8) is 0 Å². The van der Waals surface area contributed by atoms with Crippen molar-refractivity contribution in [2.45, 2.75) is 107 Å². The molecule has 4 saturated carbocycles. The zero-order valence-corrected chi connectivity index (χ0v) is 21.9. The van der Waals surface area contributed by atoms with Crippen LogP contribution in [0.25, 0.3) is 0 Å². The highest BCUT2D eigenvalue weighted by Crippen LogP contribution is 2.71. The van der Waals surface area contributed by atoms with Crippen LogP contribution < -0.4 is 5.63 Å². The zero-order valence-electron chi connectivity index (χ0n) is 21.9. The first-order valence-corrected chi connectivity index (χ1v) is 14.1. The van der Waals surface area contributed by atoms with Gasteiger partial charge in [0.1, 0.15) is 0 Å². The van der Waals surface area contributed by atoms with Crippen LogP contribution >= 0.6 is 0 Å². The molecule has 2 unspecified atom stereocenters. The van der Waals surface area contributed by atoms with Gasteiger partial charge in [-0.1, -0.05) is 13.8 Å². The predicted octanol–water partition coefficient (Wildman–Crippen LogP) is 3.73. The predicted molar refractivity (Wildman–Crippen MR) is 135 cm³/mol. The maximum atomic E-state index is 12.4. The van der Waals surface area contributed by atoms with Gasteiger partial charge >= 0.3 is 11.7 Å². The summed E-state index contributed by atoms with van der Waals surface area (Å²) in [7, 11) is 0. The van der Waals surface area contributed by atoms with Crippen LogP contribution in [0.3, 0.4) is 0 Å². The molecule has 37 heavy (non-hydrogen) atoms. The molecule has 1 aromatic heterocycles. The van der Waals surface area contributed by atoms with Crippen molar-refractivity contribution in [1.29, 1.82) is 0 Å². The van der Waals surface area contributed by atoms with E-state index in [1.54, 1.807) is 6.26 Å². The molecule has 0 aromatic carbocycles. The summed E-state index contributed by atoms with van der Waals surface area (Å²) in [5, 5.41) is 45.0. The Morgan fingerprint density at radius 1 is 0.973 bits per heavy atom. The van der Waals surface area contributed by atoms with E-state index in [2.05, 4.69) is 13.8 Å². The first-order valence-electron chi connectivity index (χ1n) is 14.1. The van der Waals surface area contributed by atoms with Crippen molar-refractivity contribution >= 4 is 6.09 Å². The second-order valence-electron chi connectivity index (χ2n) is 13.4. The van der Waals surface area contributed by atoms with Gasteiger partial charge in [-0.05, 0) is 105 Å². The average Bonchev–Trinajstić information content (AvgIpc) is 3.37. The van der Waals surface area contributed by atoms with Gasteiger partial charge in [0.05, 0.1) is 29.6 Å². The van der Waals surface area contributed by atoms with E-state index in [0.717, 1.165) is 44.1 Å². The number of aliphatic hydroxyl groups excluding tert-OH is 1. The number of carboxylic acid groups (broad SMARTS) is 1. The summed E-state index contributed by atoms with van der Waals surface area (Å²) < 4.78 is 5.19. The van der Waals surface area contributed by atoms with Crippen LogP contribution in [0.5, 0.6) is 0 Å². The third-order valence-corrected chi connectivity index (χ3v) is 12.3. The Bertz CT molecular complexity index is 1120. The molecule has 2 heterocycles. The van der Waals surface area contributed by atoms with Crippen LogP contribution in [-0.2, 0) is 0 Å². The van der Waals surface area contributed by atoms with Crippen LogP contribution in [-0.4, -0.2) is 61.3 Å². The van der Waals surface area contributed by atoms with Crippen molar-refractivity contribution < 1.29 is 29.6 Å². The van der Waals surface area contributed by atoms with Crippen molar-refractivity contribution in [2.24, 2.45) is 28.6 Å². The molecule has 10 atom stereocenters. The number of hydrogen-bond donors (Lipinski definition) is 4. The van der Waals surface area contributed by atoms with Gasteiger partial charge in [0.2, 0.25) is 0 Å². The Kier molecular flexibility index (Phi) is 5.69. The van der Waals surface area contributed by atoms with E-state index < -0.39 is 29.4 Å². The third-order valence-electron chi connectivity index (χ3n) is 12.3. The minimum absolute atomic E-state index is 0.0660. The van der Waals surface area contributed by atoms with E-state index in [1.807, 2.05) is 6.07 Å². The lowest BCUT2D eigenvalue weighted by Gasteiger charge is -2.66. The Hall–Kier alpha value is -1.90. The average molecular weight is 516 g/mol. The first-order chi connectivity index (χ1) is 17.4. The SMILES string of the molecule is C[C@]12CC[C@H](C3C(O)CCN3C(=O)O)C[C@@]1(O)CC[C@@H]1[C@@H]2CC[C@]2(C)[C@@H](c3ccc(=O)oc3)CC[C@]12O. The molecule has 204 valence electrons. The van der Waals surface area contributed by atoms with E-state index in [0.29, 0.717) is 32.2 Å².